The molecule has 1 fully saturated rings. The van der Waals surface area contributed by atoms with Gasteiger partial charge in [-0.15, -0.1) is 0 Å². The van der Waals surface area contributed by atoms with Crippen LogP contribution in [-0.4, -0.2) is 89.2 Å². The van der Waals surface area contributed by atoms with E-state index in [1.165, 1.54) is 103 Å². The topological polar surface area (TPSA) is 175 Å². The molecule has 1 rings (SSSR count). The van der Waals surface area contributed by atoms with Crippen molar-refractivity contribution in [1.82, 2.24) is 0 Å². The number of aliphatic hydroxyl groups excluding tert-OH is 2. The van der Waals surface area contributed by atoms with Crippen LogP contribution in [0.5, 0.6) is 0 Å². The number of carboxylic acids is 1. The van der Waals surface area contributed by atoms with Gasteiger partial charge < -0.3 is 39.0 Å². The maximum Gasteiger partial charge on any atom is 0.335 e. The number of hydrogen-bond donors (Lipinski definition) is 3. The van der Waals surface area contributed by atoms with Crippen molar-refractivity contribution in [2.45, 2.75) is 302 Å². The fraction of sp³-hybridized carbons (Fsp3) is 0.803. The molecule has 12 nitrogen and oxygen atoms in total. The first-order chi connectivity index (χ1) is 35.6. The third kappa shape index (κ3) is 39.7. The molecular weight excluding hydrogens is 925 g/mol. The first kappa shape index (κ1) is 67.7. The molecule has 0 bridgehead atoms. The Bertz CT molecular complexity index is 1460. The van der Waals surface area contributed by atoms with Crippen LogP contribution in [0.3, 0.4) is 0 Å². The minimum atomic E-state index is -1.91. The molecule has 0 radical (unpaired) electrons. The molecule has 6 unspecified atom stereocenters. The third-order valence-corrected chi connectivity index (χ3v) is 13.4. The van der Waals surface area contributed by atoms with Crippen molar-refractivity contribution in [2.24, 2.45) is 0 Å². The average Bonchev–Trinajstić information content (AvgIpc) is 3.37. The van der Waals surface area contributed by atoms with Crippen LogP contribution in [0.15, 0.2) is 48.6 Å². The number of allylic oxidation sites excluding steroid dienone is 8. The van der Waals surface area contributed by atoms with Crippen LogP contribution >= 0.6 is 0 Å². The summed E-state index contributed by atoms with van der Waals surface area (Å²) in [5.74, 6) is -3.13. The number of carbonyl (C=O) groups is 4. The van der Waals surface area contributed by atoms with E-state index in [-0.39, 0.29) is 25.9 Å². The lowest BCUT2D eigenvalue weighted by atomic mass is 9.98. The highest BCUT2D eigenvalue weighted by atomic mass is 16.7. The quantitative estimate of drug-likeness (QED) is 0.0228. The zero-order valence-corrected chi connectivity index (χ0v) is 46.4. The Morgan fingerprint density at radius 1 is 0.452 bits per heavy atom. The van der Waals surface area contributed by atoms with Crippen LogP contribution in [0.4, 0.5) is 0 Å². The molecule has 73 heavy (non-hydrogen) atoms. The number of hydrogen-bond acceptors (Lipinski definition) is 11. The zero-order chi connectivity index (χ0) is 53.3. The van der Waals surface area contributed by atoms with Crippen molar-refractivity contribution in [3.8, 4) is 0 Å². The summed E-state index contributed by atoms with van der Waals surface area (Å²) in [7, 11) is 0. The Morgan fingerprint density at radius 3 is 1.26 bits per heavy atom. The fourth-order valence-electron chi connectivity index (χ4n) is 8.78. The van der Waals surface area contributed by atoms with Crippen LogP contribution in [0.1, 0.15) is 265 Å². The van der Waals surface area contributed by atoms with Crippen molar-refractivity contribution >= 4 is 23.9 Å². The van der Waals surface area contributed by atoms with E-state index in [9.17, 15) is 34.5 Å². The molecule has 1 heterocycles. The van der Waals surface area contributed by atoms with Gasteiger partial charge in [0, 0.05) is 19.3 Å². The summed E-state index contributed by atoms with van der Waals surface area (Å²) in [6.45, 7) is 5.93. The number of carbonyl (C=O) groups excluding carboxylic acids is 3. The molecule has 0 spiro atoms. The molecule has 0 aromatic carbocycles. The summed E-state index contributed by atoms with van der Waals surface area (Å²) in [5, 5.41) is 31.4. The van der Waals surface area contributed by atoms with E-state index in [1.807, 2.05) is 0 Å². The number of unbranched alkanes of at least 4 members (excludes halogenated alkanes) is 28. The Labute approximate surface area is 443 Å². The lowest BCUT2D eigenvalue weighted by Gasteiger charge is -2.40. The summed E-state index contributed by atoms with van der Waals surface area (Å²) in [6, 6.07) is 0. The molecule has 0 aliphatic carbocycles. The molecule has 3 N–H and O–H groups in total. The first-order valence-electron chi connectivity index (χ1n) is 29.6. The molecule has 0 aromatic rings. The average molecular weight is 1030 g/mol. The van der Waals surface area contributed by atoms with Gasteiger partial charge in [-0.1, -0.05) is 211 Å². The van der Waals surface area contributed by atoms with E-state index in [0.29, 0.717) is 19.3 Å². The highest BCUT2D eigenvalue weighted by Gasteiger charge is 2.50. The fourth-order valence-corrected chi connectivity index (χ4v) is 8.78. The van der Waals surface area contributed by atoms with Gasteiger partial charge in [-0.05, 0) is 83.5 Å². The number of carboxylic acid groups (broad SMARTS) is 1. The Balaban J connectivity index is 2.68. The molecule has 1 aliphatic rings. The van der Waals surface area contributed by atoms with Gasteiger partial charge in [0.15, 0.2) is 24.6 Å². The van der Waals surface area contributed by atoms with Crippen molar-refractivity contribution in [1.29, 1.82) is 0 Å². The second kappa shape index (κ2) is 49.6. The normalized spacial score (nSPS) is 18.6. The van der Waals surface area contributed by atoms with Gasteiger partial charge in [-0.25, -0.2) is 4.79 Å². The van der Waals surface area contributed by atoms with E-state index >= 15 is 0 Å². The minimum absolute atomic E-state index is 0.0453. The first-order valence-corrected chi connectivity index (χ1v) is 29.6. The van der Waals surface area contributed by atoms with Gasteiger partial charge in [0.2, 0.25) is 0 Å². The smallest absolute Gasteiger partial charge is 0.335 e. The summed E-state index contributed by atoms with van der Waals surface area (Å²) < 4.78 is 28.4. The number of rotatable bonds is 50. The van der Waals surface area contributed by atoms with Crippen LogP contribution in [0, 0.1) is 0 Å². The minimum Gasteiger partial charge on any atom is -0.479 e. The summed E-state index contributed by atoms with van der Waals surface area (Å²) in [5.41, 5.74) is 0. The molecule has 1 saturated heterocycles. The monoisotopic (exact) mass is 1030 g/mol. The highest BCUT2D eigenvalue weighted by Crippen LogP contribution is 2.26. The number of aliphatic carboxylic acids is 1. The molecule has 6 atom stereocenters. The Morgan fingerprint density at radius 2 is 0.822 bits per heavy atom. The molecule has 1 aliphatic heterocycles. The predicted octanol–water partition coefficient (Wildman–Crippen LogP) is 15.0. The maximum atomic E-state index is 13.1. The van der Waals surface area contributed by atoms with Crippen molar-refractivity contribution in [3.63, 3.8) is 0 Å². The van der Waals surface area contributed by atoms with Crippen molar-refractivity contribution < 1.29 is 58.2 Å². The van der Waals surface area contributed by atoms with E-state index < -0.39 is 67.3 Å². The van der Waals surface area contributed by atoms with E-state index in [0.717, 1.165) is 103 Å². The van der Waals surface area contributed by atoms with Gasteiger partial charge >= 0.3 is 23.9 Å². The molecule has 0 aromatic heterocycles. The Kier molecular flexibility index (Phi) is 45.9. The predicted molar refractivity (Wildman–Crippen MR) is 294 cm³/mol. The second-order valence-electron chi connectivity index (χ2n) is 20.3. The molecule has 422 valence electrons. The third-order valence-electron chi connectivity index (χ3n) is 13.4. The zero-order valence-electron chi connectivity index (χ0n) is 46.4. The van der Waals surface area contributed by atoms with Crippen molar-refractivity contribution in [3.05, 3.63) is 48.6 Å². The summed E-state index contributed by atoms with van der Waals surface area (Å²) >= 11 is 0. The van der Waals surface area contributed by atoms with Gasteiger partial charge in [0.1, 0.15) is 18.8 Å². The number of esters is 3. The number of aliphatic hydroxyl groups is 2. The van der Waals surface area contributed by atoms with E-state index in [2.05, 4.69) is 69.4 Å². The summed E-state index contributed by atoms with van der Waals surface area (Å²) in [4.78, 5) is 51.0. The van der Waals surface area contributed by atoms with Crippen molar-refractivity contribution in [2.75, 3.05) is 13.2 Å². The van der Waals surface area contributed by atoms with E-state index in [1.54, 1.807) is 0 Å². The number of ether oxygens (including phenoxy) is 5. The van der Waals surface area contributed by atoms with Gasteiger partial charge in [0.05, 0.1) is 6.61 Å². The molecule has 0 amide bonds. The largest absolute Gasteiger partial charge is 0.479 e. The summed E-state index contributed by atoms with van der Waals surface area (Å²) in [6.07, 6.45) is 46.5. The molecule has 0 saturated carbocycles. The molecular formula is C61H106O12. The highest BCUT2D eigenvalue weighted by molar-refractivity contribution is 5.74. The SMILES string of the molecule is CCCCC/C=C\C/C=C\CCCCCCCCCC(=O)OCC(COC1OC(C(=O)O)C(O)C(O)C1OC(=O)CCCCCCC/C=C\C/C=C\CCCCC)OC(=O)CCCCCCCCCCCCC. The van der Waals surface area contributed by atoms with E-state index in [4.69, 9.17) is 23.7 Å². The van der Waals surface area contributed by atoms with Gasteiger partial charge in [0.25, 0.3) is 0 Å². The van der Waals surface area contributed by atoms with Crippen LogP contribution in [-0.2, 0) is 42.9 Å². The lowest BCUT2D eigenvalue weighted by molar-refractivity contribution is -0.301. The molecule has 12 heteroatoms. The van der Waals surface area contributed by atoms with Crippen LogP contribution in [0.2, 0.25) is 0 Å². The standard InChI is InChI=1S/C61H106O12/c1-4-7-10-13-16-19-22-24-26-27-29-30-33-35-38-41-44-47-53(62)69-50-52(71-54(63)48-45-42-39-36-32-21-18-15-12-9-6-3)51-70-61-59(57(66)56(65)58(73-61)60(67)68)72-55(64)49-46-43-40-37-34-31-28-25-23-20-17-14-11-8-5-2/h16-17,19-20,24-26,28,52,56-59,61,65-66H,4-15,18,21-23,27,29-51H2,1-3H3,(H,67,68)/b19-16-,20-17-,26-24-,28-25-. The lowest BCUT2D eigenvalue weighted by Crippen LogP contribution is -2.61. The van der Waals surface area contributed by atoms with Gasteiger partial charge in [-0.2, -0.15) is 0 Å². The van der Waals surface area contributed by atoms with Crippen LogP contribution in [0.25, 0.3) is 0 Å². The Hall–Kier alpha value is -3.32. The van der Waals surface area contributed by atoms with Gasteiger partial charge in [-0.3, -0.25) is 14.4 Å². The van der Waals surface area contributed by atoms with Crippen LogP contribution < -0.4 is 0 Å². The second-order valence-corrected chi connectivity index (χ2v) is 20.3. The maximum absolute atomic E-state index is 13.1.